The van der Waals surface area contributed by atoms with E-state index in [1.165, 1.54) is 0 Å². The van der Waals surface area contributed by atoms with Gasteiger partial charge in [0, 0.05) is 16.7 Å². The maximum atomic E-state index is 12.1. The molecule has 2 unspecified atom stereocenters. The highest BCUT2D eigenvalue weighted by molar-refractivity contribution is 9.10. The van der Waals surface area contributed by atoms with Crippen molar-refractivity contribution in [1.29, 1.82) is 0 Å². The Morgan fingerprint density at radius 1 is 1.40 bits per heavy atom. The van der Waals surface area contributed by atoms with Crippen LogP contribution in [0.5, 0.6) is 0 Å². The molecule has 5 nitrogen and oxygen atoms in total. The van der Waals surface area contributed by atoms with Gasteiger partial charge in [-0.2, -0.15) is 0 Å². The van der Waals surface area contributed by atoms with Crippen molar-refractivity contribution in [3.05, 3.63) is 28.7 Å². The van der Waals surface area contributed by atoms with Crippen LogP contribution in [-0.4, -0.2) is 41.5 Å². The van der Waals surface area contributed by atoms with Gasteiger partial charge in [-0.15, -0.1) is 0 Å². The fraction of sp³-hybridized carbons (Fsp3) is 0.429. The number of aliphatic carboxylic acids is 1. The van der Waals surface area contributed by atoms with Crippen LogP contribution in [0.1, 0.15) is 13.8 Å². The molecule has 6 heteroatoms. The third-order valence-corrected chi connectivity index (χ3v) is 3.61. The summed E-state index contributed by atoms with van der Waals surface area (Å²) >= 11 is 3.34. The Morgan fingerprint density at radius 2 is 2.05 bits per heavy atom. The molecule has 2 atom stereocenters. The lowest BCUT2D eigenvalue weighted by atomic mass is 10.1. The summed E-state index contributed by atoms with van der Waals surface area (Å²) in [4.78, 5) is 24.7. The Kier molecular flexibility index (Phi) is 6.16. The number of carboxylic acid groups (broad SMARTS) is 1. The minimum atomic E-state index is -0.864. The lowest BCUT2D eigenvalue weighted by Gasteiger charge is -2.25. The highest BCUT2D eigenvalue weighted by atomic mass is 79.9. The number of rotatable bonds is 6. The normalized spacial score (nSPS) is 13.8. The number of halogens is 1. The Hall–Kier alpha value is -1.40. The van der Waals surface area contributed by atoms with E-state index >= 15 is 0 Å². The molecule has 0 radical (unpaired) electrons. The largest absolute Gasteiger partial charge is 0.481 e. The number of nitrogens with one attached hydrogen (secondary N) is 1. The van der Waals surface area contributed by atoms with Crippen LogP contribution in [0, 0.1) is 5.92 Å². The number of carboxylic acids is 1. The molecule has 0 saturated carbocycles. The summed E-state index contributed by atoms with van der Waals surface area (Å²) in [5.41, 5.74) is 0.705. The zero-order valence-corrected chi connectivity index (χ0v) is 13.3. The van der Waals surface area contributed by atoms with E-state index in [2.05, 4.69) is 21.2 Å². The van der Waals surface area contributed by atoms with E-state index in [1.54, 1.807) is 31.9 Å². The van der Waals surface area contributed by atoms with E-state index in [4.69, 9.17) is 5.11 Å². The number of nitrogens with zero attached hydrogens (tertiary/aromatic N) is 1. The molecule has 0 aliphatic heterocycles. The fourth-order valence-corrected chi connectivity index (χ4v) is 2.08. The summed E-state index contributed by atoms with van der Waals surface area (Å²) in [5, 5.41) is 11.7. The SMILES string of the molecule is CC(CN(C)C(C)C(=O)Nc1cccc(Br)c1)C(=O)O. The van der Waals surface area contributed by atoms with Crippen molar-refractivity contribution in [2.24, 2.45) is 5.92 Å². The Balaban J connectivity index is 2.60. The van der Waals surface area contributed by atoms with Crippen LogP contribution >= 0.6 is 15.9 Å². The van der Waals surface area contributed by atoms with Crippen LogP contribution in [0.15, 0.2) is 28.7 Å². The van der Waals surface area contributed by atoms with Gasteiger partial charge in [-0.1, -0.05) is 28.9 Å². The van der Waals surface area contributed by atoms with Crippen molar-refractivity contribution < 1.29 is 14.7 Å². The van der Waals surface area contributed by atoms with Gasteiger partial charge in [-0.05, 0) is 32.2 Å². The summed E-state index contributed by atoms with van der Waals surface area (Å²) in [6, 6.07) is 6.91. The molecule has 1 aromatic carbocycles. The van der Waals surface area contributed by atoms with Gasteiger partial charge in [0.1, 0.15) is 0 Å². The highest BCUT2D eigenvalue weighted by Gasteiger charge is 2.22. The number of hydrogen-bond donors (Lipinski definition) is 2. The van der Waals surface area contributed by atoms with Gasteiger partial charge >= 0.3 is 5.97 Å². The van der Waals surface area contributed by atoms with Crippen LogP contribution in [0.3, 0.4) is 0 Å². The van der Waals surface area contributed by atoms with E-state index in [0.29, 0.717) is 12.2 Å². The lowest BCUT2D eigenvalue weighted by Crippen LogP contribution is -2.42. The Morgan fingerprint density at radius 3 is 2.60 bits per heavy atom. The average molecular weight is 343 g/mol. The van der Waals surface area contributed by atoms with Gasteiger partial charge in [0.15, 0.2) is 0 Å². The van der Waals surface area contributed by atoms with Crippen molar-refractivity contribution in [2.45, 2.75) is 19.9 Å². The predicted molar refractivity (Wildman–Crippen MR) is 81.7 cm³/mol. The molecule has 0 saturated heterocycles. The van der Waals surface area contributed by atoms with Crippen LogP contribution in [-0.2, 0) is 9.59 Å². The fourth-order valence-electron chi connectivity index (χ4n) is 1.68. The third kappa shape index (κ3) is 4.94. The minimum Gasteiger partial charge on any atom is -0.481 e. The van der Waals surface area contributed by atoms with Crippen LogP contribution in [0.2, 0.25) is 0 Å². The summed E-state index contributed by atoms with van der Waals surface area (Å²) in [7, 11) is 1.74. The van der Waals surface area contributed by atoms with Crippen LogP contribution in [0.25, 0.3) is 0 Å². The second kappa shape index (κ2) is 7.40. The van der Waals surface area contributed by atoms with Crippen molar-refractivity contribution in [2.75, 3.05) is 18.9 Å². The molecule has 0 fully saturated rings. The number of amides is 1. The first kappa shape index (κ1) is 16.7. The molecule has 0 aromatic heterocycles. The number of hydrogen-bond acceptors (Lipinski definition) is 3. The van der Waals surface area contributed by atoms with E-state index in [-0.39, 0.29) is 5.91 Å². The van der Waals surface area contributed by atoms with E-state index in [1.807, 2.05) is 18.2 Å². The van der Waals surface area contributed by atoms with Crippen LogP contribution < -0.4 is 5.32 Å². The molecule has 110 valence electrons. The van der Waals surface area contributed by atoms with Gasteiger partial charge < -0.3 is 10.4 Å². The van der Waals surface area contributed by atoms with E-state index in [0.717, 1.165) is 4.47 Å². The summed E-state index contributed by atoms with van der Waals surface area (Å²) in [6.45, 7) is 3.70. The maximum Gasteiger partial charge on any atom is 0.307 e. The standard InChI is InChI=1S/C14H19BrN2O3/c1-9(14(19)20)8-17(3)10(2)13(18)16-12-6-4-5-11(15)7-12/h4-7,9-10H,8H2,1-3H3,(H,16,18)(H,19,20). The monoisotopic (exact) mass is 342 g/mol. The van der Waals surface area contributed by atoms with Gasteiger partial charge in [0.2, 0.25) is 5.91 Å². The zero-order chi connectivity index (χ0) is 15.3. The van der Waals surface area contributed by atoms with Crippen LogP contribution in [0.4, 0.5) is 5.69 Å². The smallest absolute Gasteiger partial charge is 0.307 e. The Bertz CT molecular complexity index is 493. The van der Waals surface area contributed by atoms with Crippen molar-refractivity contribution in [1.82, 2.24) is 4.90 Å². The molecule has 20 heavy (non-hydrogen) atoms. The van der Waals surface area contributed by atoms with Crippen molar-refractivity contribution in [3.63, 3.8) is 0 Å². The molecule has 2 N–H and O–H groups in total. The lowest BCUT2D eigenvalue weighted by molar-refractivity contribution is -0.142. The van der Waals surface area contributed by atoms with Gasteiger partial charge in [0.05, 0.1) is 12.0 Å². The van der Waals surface area contributed by atoms with E-state index < -0.39 is 17.9 Å². The number of benzene rings is 1. The third-order valence-electron chi connectivity index (χ3n) is 3.12. The molecule has 1 amide bonds. The van der Waals surface area contributed by atoms with Crippen molar-refractivity contribution >= 4 is 33.5 Å². The average Bonchev–Trinajstić information content (AvgIpc) is 2.37. The van der Waals surface area contributed by atoms with Gasteiger partial charge in [-0.3, -0.25) is 14.5 Å². The topological polar surface area (TPSA) is 69.6 Å². The van der Waals surface area contributed by atoms with Gasteiger partial charge in [0.25, 0.3) is 0 Å². The zero-order valence-electron chi connectivity index (χ0n) is 11.8. The summed E-state index contributed by atoms with van der Waals surface area (Å²) in [6.07, 6.45) is 0. The second-order valence-corrected chi connectivity index (χ2v) is 5.77. The molecule has 0 heterocycles. The number of carbonyl (C=O) groups is 2. The molecule has 0 spiro atoms. The number of likely N-dealkylation sites (N-methyl/N-ethyl adjacent to an activating group) is 1. The molecule has 0 aliphatic carbocycles. The first-order valence-corrected chi connectivity index (χ1v) is 7.10. The summed E-state index contributed by atoms with van der Waals surface area (Å²) < 4.78 is 0.885. The Labute approximate surface area is 127 Å². The van der Waals surface area contributed by atoms with E-state index in [9.17, 15) is 9.59 Å². The molecule has 1 rings (SSSR count). The molecular formula is C14H19BrN2O3. The molecule has 1 aromatic rings. The predicted octanol–water partition coefficient (Wildman–Crippen LogP) is 2.43. The second-order valence-electron chi connectivity index (χ2n) is 4.85. The summed E-state index contributed by atoms with van der Waals surface area (Å²) in [5.74, 6) is -1.54. The quantitative estimate of drug-likeness (QED) is 0.832. The molecular weight excluding hydrogens is 324 g/mol. The number of carbonyl (C=O) groups excluding carboxylic acids is 1. The highest BCUT2D eigenvalue weighted by Crippen LogP contribution is 2.16. The molecule has 0 aliphatic rings. The first-order chi connectivity index (χ1) is 9.31. The van der Waals surface area contributed by atoms with Gasteiger partial charge in [-0.25, -0.2) is 0 Å². The molecule has 0 bridgehead atoms. The number of anilines is 1. The first-order valence-electron chi connectivity index (χ1n) is 6.30. The minimum absolute atomic E-state index is 0.164. The van der Waals surface area contributed by atoms with Crippen molar-refractivity contribution in [3.8, 4) is 0 Å². The maximum absolute atomic E-state index is 12.1.